The first-order valence-corrected chi connectivity index (χ1v) is 9.06. The average Bonchev–Trinajstić information content (AvgIpc) is 3.26. The average molecular weight is 392 g/mol. The summed E-state index contributed by atoms with van der Waals surface area (Å²) in [5.41, 5.74) is 1.80. The van der Waals surface area contributed by atoms with Crippen molar-refractivity contribution < 1.29 is 23.5 Å². The minimum atomic E-state index is -0.411. The van der Waals surface area contributed by atoms with Crippen LogP contribution in [0.15, 0.2) is 71.3 Å². The number of carbonyl (C=O) groups is 3. The van der Waals surface area contributed by atoms with Gasteiger partial charge in [-0.2, -0.15) is 0 Å². The molecule has 2 N–H and O–H groups in total. The molecule has 0 bridgehead atoms. The van der Waals surface area contributed by atoms with Gasteiger partial charge in [0.2, 0.25) is 0 Å². The van der Waals surface area contributed by atoms with Crippen molar-refractivity contribution in [2.45, 2.75) is 13.5 Å². The van der Waals surface area contributed by atoms with E-state index in [1.165, 1.54) is 0 Å². The smallest absolute Gasteiger partial charge is 0.338 e. The van der Waals surface area contributed by atoms with Crippen LogP contribution in [0.3, 0.4) is 0 Å². The molecular formula is C22H20N2O5. The molecular weight excluding hydrogens is 372 g/mol. The molecule has 0 spiro atoms. The van der Waals surface area contributed by atoms with Gasteiger partial charge < -0.3 is 19.8 Å². The zero-order valence-electron chi connectivity index (χ0n) is 15.8. The van der Waals surface area contributed by atoms with Crippen LogP contribution in [0.25, 0.3) is 0 Å². The van der Waals surface area contributed by atoms with Gasteiger partial charge in [0, 0.05) is 16.8 Å². The van der Waals surface area contributed by atoms with Gasteiger partial charge in [-0.3, -0.25) is 9.59 Å². The minimum absolute atomic E-state index is 0.261. The molecule has 7 nitrogen and oxygen atoms in total. The zero-order valence-corrected chi connectivity index (χ0v) is 15.8. The van der Waals surface area contributed by atoms with Crippen LogP contribution in [0.5, 0.6) is 0 Å². The van der Waals surface area contributed by atoms with Crippen LogP contribution < -0.4 is 10.6 Å². The summed E-state index contributed by atoms with van der Waals surface area (Å²) < 4.78 is 10.1. The molecule has 3 rings (SSSR count). The SMILES string of the molecule is CCOC(=O)c1ccc(NC(=O)c2ccc(C(=O)NCc3ccco3)cc2)cc1. The van der Waals surface area contributed by atoms with Crippen LogP contribution in [0.1, 0.15) is 43.8 Å². The fraction of sp³-hybridized carbons (Fsp3) is 0.136. The Labute approximate surface area is 167 Å². The molecule has 29 heavy (non-hydrogen) atoms. The largest absolute Gasteiger partial charge is 0.467 e. The number of anilines is 1. The maximum Gasteiger partial charge on any atom is 0.338 e. The van der Waals surface area contributed by atoms with E-state index in [0.29, 0.717) is 34.7 Å². The van der Waals surface area contributed by atoms with Gasteiger partial charge in [0.1, 0.15) is 5.76 Å². The number of hydrogen-bond donors (Lipinski definition) is 2. The lowest BCUT2D eigenvalue weighted by Gasteiger charge is -2.08. The lowest BCUT2D eigenvalue weighted by Crippen LogP contribution is -2.22. The van der Waals surface area contributed by atoms with Gasteiger partial charge in [0.25, 0.3) is 11.8 Å². The molecule has 0 aliphatic carbocycles. The molecule has 2 aromatic carbocycles. The van der Waals surface area contributed by atoms with Crippen molar-refractivity contribution in [1.82, 2.24) is 5.32 Å². The van der Waals surface area contributed by atoms with Gasteiger partial charge in [-0.05, 0) is 67.6 Å². The molecule has 3 aromatic rings. The van der Waals surface area contributed by atoms with Gasteiger partial charge in [-0.1, -0.05) is 0 Å². The van der Waals surface area contributed by atoms with Crippen LogP contribution in [0, 0.1) is 0 Å². The summed E-state index contributed by atoms with van der Waals surface area (Å²) in [5.74, 6) is -0.339. The number of nitrogens with one attached hydrogen (secondary N) is 2. The summed E-state index contributed by atoms with van der Waals surface area (Å²) in [7, 11) is 0. The number of rotatable bonds is 7. The highest BCUT2D eigenvalue weighted by Crippen LogP contribution is 2.13. The van der Waals surface area contributed by atoms with Gasteiger partial charge in [-0.15, -0.1) is 0 Å². The molecule has 0 atom stereocenters. The van der Waals surface area contributed by atoms with Gasteiger partial charge in [0.15, 0.2) is 0 Å². The monoisotopic (exact) mass is 392 g/mol. The van der Waals surface area contributed by atoms with Crippen LogP contribution in [0.2, 0.25) is 0 Å². The van der Waals surface area contributed by atoms with Crippen molar-refractivity contribution in [3.8, 4) is 0 Å². The Morgan fingerprint density at radius 1 is 0.862 bits per heavy atom. The van der Waals surface area contributed by atoms with Gasteiger partial charge in [-0.25, -0.2) is 4.79 Å². The number of hydrogen-bond acceptors (Lipinski definition) is 5. The van der Waals surface area contributed by atoms with E-state index in [1.54, 1.807) is 73.9 Å². The van der Waals surface area contributed by atoms with Crippen molar-refractivity contribution in [3.05, 3.63) is 89.4 Å². The molecule has 148 valence electrons. The molecule has 7 heteroatoms. The number of ether oxygens (including phenoxy) is 1. The van der Waals surface area contributed by atoms with E-state index >= 15 is 0 Å². The second-order valence-electron chi connectivity index (χ2n) is 6.09. The number of esters is 1. The summed E-state index contributed by atoms with van der Waals surface area (Å²) in [5, 5.41) is 5.49. The van der Waals surface area contributed by atoms with Gasteiger partial charge >= 0.3 is 5.97 Å². The van der Waals surface area contributed by atoms with E-state index in [4.69, 9.17) is 9.15 Å². The minimum Gasteiger partial charge on any atom is -0.467 e. The first kappa shape index (κ1) is 19.9. The Kier molecular flexibility index (Phi) is 6.42. The molecule has 0 fully saturated rings. The first-order valence-electron chi connectivity index (χ1n) is 9.06. The number of benzene rings is 2. The number of furan rings is 1. The van der Waals surface area contributed by atoms with Crippen LogP contribution in [0.4, 0.5) is 5.69 Å². The Balaban J connectivity index is 1.57. The highest BCUT2D eigenvalue weighted by atomic mass is 16.5. The topological polar surface area (TPSA) is 97.6 Å². The maximum atomic E-state index is 12.4. The number of amides is 2. The molecule has 0 unspecified atom stereocenters. The van der Waals surface area contributed by atoms with Crippen LogP contribution in [-0.4, -0.2) is 24.4 Å². The van der Waals surface area contributed by atoms with E-state index < -0.39 is 5.97 Å². The van der Waals surface area contributed by atoms with Crippen molar-refractivity contribution in [3.63, 3.8) is 0 Å². The number of carbonyl (C=O) groups excluding carboxylic acids is 3. The van der Waals surface area contributed by atoms with Crippen LogP contribution >= 0.6 is 0 Å². The second kappa shape index (κ2) is 9.36. The summed E-state index contributed by atoms with van der Waals surface area (Å²) in [6, 6.07) is 16.2. The third kappa shape index (κ3) is 5.32. The Morgan fingerprint density at radius 2 is 1.48 bits per heavy atom. The van der Waals surface area contributed by atoms with Crippen LogP contribution in [-0.2, 0) is 11.3 Å². The molecule has 0 radical (unpaired) electrons. The molecule has 1 heterocycles. The molecule has 0 aliphatic heterocycles. The Bertz CT molecular complexity index is 977. The lowest BCUT2D eigenvalue weighted by molar-refractivity contribution is 0.0526. The van der Waals surface area contributed by atoms with Gasteiger partial charge in [0.05, 0.1) is 25.0 Å². The van der Waals surface area contributed by atoms with E-state index in [9.17, 15) is 14.4 Å². The maximum absolute atomic E-state index is 12.4. The second-order valence-corrected chi connectivity index (χ2v) is 6.09. The fourth-order valence-electron chi connectivity index (χ4n) is 2.56. The highest BCUT2D eigenvalue weighted by molar-refractivity contribution is 6.05. The van der Waals surface area contributed by atoms with Crippen molar-refractivity contribution in [2.24, 2.45) is 0 Å². The normalized spacial score (nSPS) is 10.2. The quantitative estimate of drug-likeness (QED) is 0.598. The molecule has 0 saturated carbocycles. The zero-order chi connectivity index (χ0) is 20.6. The van der Waals surface area contributed by atoms with Crippen molar-refractivity contribution in [2.75, 3.05) is 11.9 Å². The van der Waals surface area contributed by atoms with E-state index in [0.717, 1.165) is 0 Å². The first-order chi connectivity index (χ1) is 14.1. The lowest BCUT2D eigenvalue weighted by atomic mass is 10.1. The molecule has 2 amide bonds. The predicted octanol–water partition coefficient (Wildman–Crippen LogP) is 3.64. The van der Waals surface area contributed by atoms with Crippen molar-refractivity contribution >= 4 is 23.5 Å². The highest BCUT2D eigenvalue weighted by Gasteiger charge is 2.11. The van der Waals surface area contributed by atoms with E-state index in [2.05, 4.69) is 10.6 Å². The summed E-state index contributed by atoms with van der Waals surface area (Å²) >= 11 is 0. The summed E-state index contributed by atoms with van der Waals surface area (Å²) in [4.78, 5) is 36.2. The molecule has 1 aromatic heterocycles. The summed E-state index contributed by atoms with van der Waals surface area (Å²) in [6.45, 7) is 2.32. The Morgan fingerprint density at radius 3 is 2.07 bits per heavy atom. The molecule has 0 aliphatic rings. The van der Waals surface area contributed by atoms with Crippen molar-refractivity contribution in [1.29, 1.82) is 0 Å². The van der Waals surface area contributed by atoms with E-state index in [1.807, 2.05) is 0 Å². The fourth-order valence-corrected chi connectivity index (χ4v) is 2.56. The standard InChI is InChI=1S/C22H20N2O5/c1-2-28-22(27)17-9-11-18(12-10-17)24-21(26)16-7-5-15(6-8-16)20(25)23-14-19-4-3-13-29-19/h3-13H,2,14H2,1H3,(H,23,25)(H,24,26). The predicted molar refractivity (Wildman–Crippen MR) is 107 cm³/mol. The van der Waals surface area contributed by atoms with E-state index in [-0.39, 0.29) is 18.4 Å². The molecule has 0 saturated heterocycles. The third-order valence-electron chi connectivity index (χ3n) is 4.07. The third-order valence-corrected chi connectivity index (χ3v) is 4.07. The summed E-state index contributed by atoms with van der Waals surface area (Å²) in [6.07, 6.45) is 1.54. The Hall–Kier alpha value is -3.87.